The fourth-order valence-corrected chi connectivity index (χ4v) is 4.22. The van der Waals surface area contributed by atoms with Crippen molar-refractivity contribution < 1.29 is 17.9 Å². The summed E-state index contributed by atoms with van der Waals surface area (Å²) in [4.78, 5) is 12.5. The third-order valence-electron chi connectivity index (χ3n) is 4.58. The van der Waals surface area contributed by atoms with E-state index in [4.69, 9.17) is 4.74 Å². The molecule has 0 bridgehead atoms. The molecule has 0 aromatic heterocycles. The van der Waals surface area contributed by atoms with E-state index in [1.165, 1.54) is 18.6 Å². The van der Waals surface area contributed by atoms with Gasteiger partial charge in [-0.3, -0.25) is 4.79 Å². The van der Waals surface area contributed by atoms with Crippen molar-refractivity contribution in [3.63, 3.8) is 0 Å². The van der Waals surface area contributed by atoms with Crippen molar-refractivity contribution >= 4 is 15.9 Å². The highest BCUT2D eigenvalue weighted by atomic mass is 32.2. The fourth-order valence-electron chi connectivity index (χ4n) is 2.93. The quantitative estimate of drug-likeness (QED) is 0.621. The predicted molar refractivity (Wildman–Crippen MR) is 114 cm³/mol. The molecule has 29 heavy (non-hydrogen) atoms. The highest BCUT2D eigenvalue weighted by Crippen LogP contribution is 2.22. The van der Waals surface area contributed by atoms with Gasteiger partial charge in [0.05, 0.1) is 17.5 Å². The average molecular weight is 419 g/mol. The van der Waals surface area contributed by atoms with Gasteiger partial charge in [0.25, 0.3) is 0 Å². The lowest BCUT2D eigenvalue weighted by molar-refractivity contribution is -0.123. The number of amides is 1. The largest absolute Gasteiger partial charge is 0.494 e. The van der Waals surface area contributed by atoms with Gasteiger partial charge in [-0.2, -0.15) is 4.72 Å². The summed E-state index contributed by atoms with van der Waals surface area (Å²) in [6, 6.07) is 13.7. The van der Waals surface area contributed by atoms with Crippen molar-refractivity contribution in [1.82, 2.24) is 10.0 Å². The third kappa shape index (κ3) is 6.87. The van der Waals surface area contributed by atoms with Crippen molar-refractivity contribution in [2.24, 2.45) is 0 Å². The number of sulfonamides is 1. The number of hydrogen-bond donors (Lipinski definition) is 2. The van der Waals surface area contributed by atoms with Gasteiger partial charge in [-0.1, -0.05) is 30.3 Å². The first-order chi connectivity index (χ1) is 13.7. The average Bonchev–Trinajstić information content (AvgIpc) is 2.68. The Labute approximate surface area is 173 Å². The Kier molecular flexibility index (Phi) is 8.22. The molecule has 2 rings (SSSR count). The molecule has 2 aromatic carbocycles. The lowest BCUT2D eigenvalue weighted by Gasteiger charge is -2.19. The molecule has 0 radical (unpaired) electrons. The monoisotopic (exact) mass is 418 g/mol. The van der Waals surface area contributed by atoms with Crippen LogP contribution in [-0.2, 0) is 21.2 Å². The summed E-state index contributed by atoms with van der Waals surface area (Å²) >= 11 is 0. The van der Waals surface area contributed by atoms with E-state index in [0.717, 1.165) is 18.4 Å². The Morgan fingerprint density at radius 2 is 1.79 bits per heavy atom. The summed E-state index contributed by atoms with van der Waals surface area (Å²) in [7, 11) is -3.82. The summed E-state index contributed by atoms with van der Waals surface area (Å²) in [6.07, 6.45) is 1.61. The van der Waals surface area contributed by atoms with E-state index in [9.17, 15) is 13.2 Å². The van der Waals surface area contributed by atoms with Crippen LogP contribution in [0, 0.1) is 6.92 Å². The topological polar surface area (TPSA) is 84.5 Å². The van der Waals surface area contributed by atoms with Gasteiger partial charge in [0.1, 0.15) is 5.75 Å². The molecule has 0 aliphatic heterocycles. The maximum Gasteiger partial charge on any atom is 0.241 e. The van der Waals surface area contributed by atoms with Crippen LogP contribution >= 0.6 is 0 Å². The van der Waals surface area contributed by atoms with Gasteiger partial charge >= 0.3 is 0 Å². The van der Waals surface area contributed by atoms with Gasteiger partial charge in [-0.15, -0.1) is 0 Å². The van der Waals surface area contributed by atoms with Gasteiger partial charge in [0.15, 0.2) is 0 Å². The second-order valence-electron chi connectivity index (χ2n) is 7.14. The number of benzene rings is 2. The molecule has 0 saturated carbocycles. The minimum absolute atomic E-state index is 0.0672. The minimum atomic E-state index is -3.82. The van der Waals surface area contributed by atoms with Crippen molar-refractivity contribution in [1.29, 1.82) is 0 Å². The third-order valence-corrected chi connectivity index (χ3v) is 6.12. The SMILES string of the molecule is CCOc1ccc(S(=O)(=O)N[C@H](C)C(=O)N[C@H](C)CCc2ccccc2)cc1C. The van der Waals surface area contributed by atoms with Crippen LogP contribution in [0.15, 0.2) is 53.4 Å². The van der Waals surface area contributed by atoms with E-state index >= 15 is 0 Å². The van der Waals surface area contributed by atoms with Crippen LogP contribution in [0.2, 0.25) is 0 Å². The van der Waals surface area contributed by atoms with Crippen molar-refractivity contribution in [3.8, 4) is 5.75 Å². The van der Waals surface area contributed by atoms with Crippen LogP contribution in [0.5, 0.6) is 5.75 Å². The predicted octanol–water partition coefficient (Wildman–Crippen LogP) is 3.20. The number of carbonyl (C=O) groups excluding carboxylic acids is 1. The molecule has 1 amide bonds. The molecule has 7 heteroatoms. The number of aryl methyl sites for hydroxylation is 2. The number of rotatable bonds is 10. The van der Waals surface area contributed by atoms with E-state index in [-0.39, 0.29) is 16.8 Å². The first kappa shape index (κ1) is 22.9. The summed E-state index contributed by atoms with van der Waals surface area (Å²) in [6.45, 7) is 7.61. The molecule has 6 nitrogen and oxygen atoms in total. The molecular formula is C22H30N2O4S. The second kappa shape index (κ2) is 10.4. The summed E-state index contributed by atoms with van der Waals surface area (Å²) in [5.74, 6) is 0.293. The first-order valence-corrected chi connectivity index (χ1v) is 11.3. The Bertz CT molecular complexity index is 914. The van der Waals surface area contributed by atoms with E-state index in [0.29, 0.717) is 12.4 Å². The molecular weight excluding hydrogens is 388 g/mol. The maximum atomic E-state index is 12.6. The van der Waals surface area contributed by atoms with Gasteiger partial charge in [-0.25, -0.2) is 8.42 Å². The van der Waals surface area contributed by atoms with E-state index in [2.05, 4.69) is 10.0 Å². The van der Waals surface area contributed by atoms with Gasteiger partial charge in [0, 0.05) is 6.04 Å². The molecule has 2 aromatic rings. The highest BCUT2D eigenvalue weighted by Gasteiger charge is 2.23. The van der Waals surface area contributed by atoms with Crippen LogP contribution in [0.25, 0.3) is 0 Å². The molecule has 0 aliphatic carbocycles. The Morgan fingerprint density at radius 3 is 2.41 bits per heavy atom. The van der Waals surface area contributed by atoms with Gasteiger partial charge in [0.2, 0.25) is 15.9 Å². The van der Waals surface area contributed by atoms with Crippen molar-refractivity contribution in [3.05, 3.63) is 59.7 Å². The van der Waals surface area contributed by atoms with E-state index in [1.807, 2.05) is 44.2 Å². The molecule has 2 N–H and O–H groups in total. The van der Waals surface area contributed by atoms with Gasteiger partial charge in [-0.05, 0) is 69.9 Å². The van der Waals surface area contributed by atoms with E-state index in [1.54, 1.807) is 19.1 Å². The number of hydrogen-bond acceptors (Lipinski definition) is 4. The number of ether oxygens (including phenoxy) is 1. The molecule has 0 heterocycles. The van der Waals surface area contributed by atoms with Crippen LogP contribution in [0.4, 0.5) is 0 Å². The summed E-state index contributed by atoms with van der Waals surface area (Å²) in [5.41, 5.74) is 1.93. The normalized spacial score (nSPS) is 13.5. The highest BCUT2D eigenvalue weighted by molar-refractivity contribution is 7.89. The number of carbonyl (C=O) groups is 1. The lowest BCUT2D eigenvalue weighted by atomic mass is 10.1. The maximum absolute atomic E-state index is 12.6. The van der Waals surface area contributed by atoms with Crippen LogP contribution in [-0.4, -0.2) is 33.0 Å². The number of nitrogens with one attached hydrogen (secondary N) is 2. The minimum Gasteiger partial charge on any atom is -0.494 e. The van der Waals surface area contributed by atoms with Crippen LogP contribution in [0.1, 0.15) is 38.3 Å². The Morgan fingerprint density at radius 1 is 1.10 bits per heavy atom. The molecule has 0 unspecified atom stereocenters. The van der Waals surface area contributed by atoms with Gasteiger partial charge < -0.3 is 10.1 Å². The Hall–Kier alpha value is -2.38. The van der Waals surface area contributed by atoms with Crippen LogP contribution < -0.4 is 14.8 Å². The summed E-state index contributed by atoms with van der Waals surface area (Å²) in [5, 5.41) is 2.88. The zero-order valence-corrected chi connectivity index (χ0v) is 18.3. The first-order valence-electron chi connectivity index (χ1n) is 9.83. The summed E-state index contributed by atoms with van der Waals surface area (Å²) < 4.78 is 33.2. The molecule has 0 saturated heterocycles. The zero-order chi connectivity index (χ0) is 21.4. The molecule has 0 spiro atoms. The lowest BCUT2D eigenvalue weighted by Crippen LogP contribution is -2.47. The fraction of sp³-hybridized carbons (Fsp3) is 0.409. The van der Waals surface area contributed by atoms with Crippen LogP contribution in [0.3, 0.4) is 0 Å². The second-order valence-corrected chi connectivity index (χ2v) is 8.85. The van der Waals surface area contributed by atoms with Crippen molar-refractivity contribution in [2.75, 3.05) is 6.61 Å². The van der Waals surface area contributed by atoms with E-state index < -0.39 is 16.1 Å². The smallest absolute Gasteiger partial charge is 0.241 e. The Balaban J connectivity index is 1.92. The zero-order valence-electron chi connectivity index (χ0n) is 17.4. The standard InChI is InChI=1S/C22H30N2O4S/c1-5-28-21-14-13-20(15-16(21)2)29(26,27)24-18(4)22(25)23-17(3)11-12-19-9-7-6-8-10-19/h6-10,13-15,17-18,24H,5,11-12H2,1-4H3,(H,23,25)/t17-,18-/m1/s1. The molecule has 0 aliphatic rings. The molecule has 0 fully saturated rings. The molecule has 2 atom stereocenters. The van der Waals surface area contributed by atoms with Crippen molar-refractivity contribution in [2.45, 2.75) is 57.5 Å². The molecule has 158 valence electrons.